The minimum Gasteiger partial charge on any atom is -0.400 e. The van der Waals surface area contributed by atoms with Gasteiger partial charge in [-0.25, -0.2) is 0 Å². The van der Waals surface area contributed by atoms with E-state index in [0.717, 1.165) is 16.9 Å². The van der Waals surface area contributed by atoms with Crippen molar-refractivity contribution in [1.29, 1.82) is 0 Å². The Morgan fingerprint density at radius 2 is 1.67 bits per heavy atom. The van der Waals surface area contributed by atoms with Crippen LogP contribution in [0.3, 0.4) is 0 Å². The molecule has 0 aliphatic heterocycles. The predicted molar refractivity (Wildman–Crippen MR) is 56.0 cm³/mol. The van der Waals surface area contributed by atoms with E-state index >= 15 is 0 Å². The lowest BCUT2D eigenvalue weighted by Gasteiger charge is -2.05. The van der Waals surface area contributed by atoms with E-state index in [-0.39, 0.29) is 5.89 Å². The number of aryl methyl sites for hydroxylation is 1. The van der Waals surface area contributed by atoms with Crippen molar-refractivity contribution in [2.75, 3.05) is 0 Å². The average molecular weight is 258 g/mol. The molecule has 0 saturated carbocycles. The molecule has 1 aromatic carbocycles. The lowest BCUT2D eigenvalue weighted by Crippen LogP contribution is -2.33. The monoisotopic (exact) mass is 258 g/mol. The van der Waals surface area contributed by atoms with E-state index in [1.54, 1.807) is 13.8 Å². The number of hydrogen-bond donors (Lipinski definition) is 1. The van der Waals surface area contributed by atoms with Crippen molar-refractivity contribution >= 4 is 0 Å². The lowest BCUT2D eigenvalue weighted by atomic mass is 10.1. The SMILES string of the molecule is Cc1oc(-c2ccc(C(F)(F)F)cc2)[n+](O)c1C. The molecule has 1 N–H and O–H groups in total. The number of oxazole rings is 1. The third-order valence-corrected chi connectivity index (χ3v) is 2.73. The van der Waals surface area contributed by atoms with E-state index in [0.29, 0.717) is 17.0 Å². The molecule has 3 nitrogen and oxygen atoms in total. The van der Waals surface area contributed by atoms with Gasteiger partial charge in [0.15, 0.2) is 5.76 Å². The fourth-order valence-corrected chi connectivity index (χ4v) is 1.55. The summed E-state index contributed by atoms with van der Waals surface area (Å²) in [6.45, 7) is 3.31. The summed E-state index contributed by atoms with van der Waals surface area (Å²) < 4.78 is 43.3. The Labute approximate surface area is 101 Å². The summed E-state index contributed by atoms with van der Waals surface area (Å²) in [5.41, 5.74) is 0.141. The molecule has 0 amide bonds. The molecule has 96 valence electrons. The Bertz CT molecular complexity index is 570. The summed E-state index contributed by atoms with van der Waals surface area (Å²) in [4.78, 5) is 0. The molecular formula is C12H11F3NO2+. The first kappa shape index (κ1) is 12.5. The predicted octanol–water partition coefficient (Wildman–Crippen LogP) is 3.11. The van der Waals surface area contributed by atoms with E-state index in [1.807, 2.05) is 0 Å². The number of aromatic nitrogens is 1. The Morgan fingerprint density at radius 1 is 1.11 bits per heavy atom. The fourth-order valence-electron chi connectivity index (χ4n) is 1.55. The molecule has 1 heterocycles. The Hall–Kier alpha value is -1.98. The highest BCUT2D eigenvalue weighted by atomic mass is 19.4. The molecule has 0 radical (unpaired) electrons. The highest BCUT2D eigenvalue weighted by molar-refractivity contribution is 5.51. The minimum atomic E-state index is -4.37. The van der Waals surface area contributed by atoms with Crippen molar-refractivity contribution in [2.24, 2.45) is 0 Å². The van der Waals surface area contributed by atoms with Gasteiger partial charge in [0.2, 0.25) is 0 Å². The topological polar surface area (TPSA) is 37.2 Å². The molecule has 0 aliphatic carbocycles. The van der Waals surface area contributed by atoms with Gasteiger partial charge in [-0.1, -0.05) is 0 Å². The van der Waals surface area contributed by atoms with Crippen LogP contribution in [0.2, 0.25) is 0 Å². The summed E-state index contributed by atoms with van der Waals surface area (Å²) in [6.07, 6.45) is -4.37. The molecule has 2 rings (SSSR count). The van der Waals surface area contributed by atoms with Gasteiger partial charge in [0.05, 0.1) is 15.9 Å². The quantitative estimate of drug-likeness (QED) is 0.630. The summed E-state index contributed by atoms with van der Waals surface area (Å²) in [7, 11) is 0. The average Bonchev–Trinajstić information content (AvgIpc) is 2.56. The molecule has 0 unspecified atom stereocenters. The van der Waals surface area contributed by atoms with Crippen LogP contribution in [-0.4, -0.2) is 5.21 Å². The van der Waals surface area contributed by atoms with Gasteiger partial charge in [-0.05, 0) is 24.3 Å². The summed E-state index contributed by atoms with van der Waals surface area (Å²) in [5.74, 6) is 0.617. The second kappa shape index (κ2) is 4.04. The second-order valence-corrected chi connectivity index (χ2v) is 3.94. The number of alkyl halides is 3. The van der Waals surface area contributed by atoms with Crippen LogP contribution in [0, 0.1) is 13.8 Å². The molecule has 18 heavy (non-hydrogen) atoms. The van der Waals surface area contributed by atoms with Crippen molar-refractivity contribution in [1.82, 2.24) is 0 Å². The van der Waals surface area contributed by atoms with Crippen LogP contribution in [0.25, 0.3) is 11.5 Å². The first-order valence-electron chi connectivity index (χ1n) is 5.19. The third kappa shape index (κ3) is 2.05. The molecule has 0 fully saturated rings. The molecule has 0 atom stereocenters. The highest BCUT2D eigenvalue weighted by Crippen LogP contribution is 2.30. The van der Waals surface area contributed by atoms with Crippen molar-refractivity contribution in [3.8, 4) is 11.5 Å². The summed E-state index contributed by atoms with van der Waals surface area (Å²) in [6, 6.07) is 4.41. The number of hydrogen-bond acceptors (Lipinski definition) is 2. The van der Waals surface area contributed by atoms with Crippen molar-refractivity contribution in [3.05, 3.63) is 41.3 Å². The lowest BCUT2D eigenvalue weighted by molar-refractivity contribution is -0.901. The number of halogens is 3. The van der Waals surface area contributed by atoms with Crippen LogP contribution >= 0.6 is 0 Å². The standard InChI is InChI=1S/C12H11F3NO2/c1-7-8(2)18-11(16(7)17)9-3-5-10(6-4-9)12(13,14)15/h3-6,17H,1-2H3/q+1. The molecule has 0 bridgehead atoms. The van der Waals surface area contributed by atoms with Crippen LogP contribution in [-0.2, 0) is 6.18 Å². The largest absolute Gasteiger partial charge is 0.429 e. The first-order chi connectivity index (χ1) is 8.30. The van der Waals surface area contributed by atoms with E-state index < -0.39 is 11.7 Å². The van der Waals surface area contributed by atoms with Gasteiger partial charge in [0, 0.05) is 13.8 Å². The molecule has 6 heteroatoms. The van der Waals surface area contributed by atoms with Crippen LogP contribution in [0.5, 0.6) is 0 Å². The Balaban J connectivity index is 2.44. The normalized spacial score (nSPS) is 11.8. The molecule has 0 spiro atoms. The maximum Gasteiger partial charge on any atom is 0.429 e. The van der Waals surface area contributed by atoms with E-state index in [2.05, 4.69) is 0 Å². The summed E-state index contributed by atoms with van der Waals surface area (Å²) in [5, 5.41) is 9.70. The van der Waals surface area contributed by atoms with Crippen molar-refractivity contribution in [2.45, 2.75) is 20.0 Å². The third-order valence-electron chi connectivity index (χ3n) is 2.73. The van der Waals surface area contributed by atoms with E-state index in [1.165, 1.54) is 12.1 Å². The number of benzene rings is 1. The zero-order valence-electron chi connectivity index (χ0n) is 9.75. The van der Waals surface area contributed by atoms with Gasteiger partial charge in [-0.2, -0.15) is 13.2 Å². The maximum absolute atomic E-state index is 12.4. The van der Waals surface area contributed by atoms with Crippen LogP contribution in [0.15, 0.2) is 28.7 Å². The highest BCUT2D eigenvalue weighted by Gasteiger charge is 2.31. The molecule has 2 aromatic rings. The van der Waals surface area contributed by atoms with E-state index in [4.69, 9.17) is 4.42 Å². The molecular weight excluding hydrogens is 247 g/mol. The van der Waals surface area contributed by atoms with E-state index in [9.17, 15) is 18.4 Å². The molecule has 1 aromatic heterocycles. The smallest absolute Gasteiger partial charge is 0.400 e. The van der Waals surface area contributed by atoms with Gasteiger partial charge in [0.1, 0.15) is 0 Å². The zero-order chi connectivity index (χ0) is 13.5. The minimum absolute atomic E-state index is 0.110. The zero-order valence-corrected chi connectivity index (χ0v) is 9.75. The number of nitrogens with zero attached hydrogens (tertiary/aromatic N) is 1. The first-order valence-corrected chi connectivity index (χ1v) is 5.19. The fraction of sp³-hybridized carbons (Fsp3) is 0.250. The van der Waals surface area contributed by atoms with Gasteiger partial charge >= 0.3 is 12.1 Å². The van der Waals surface area contributed by atoms with Gasteiger partial charge < -0.3 is 4.42 Å². The van der Waals surface area contributed by atoms with Gasteiger partial charge in [-0.15, -0.1) is 0 Å². The Morgan fingerprint density at radius 3 is 2.06 bits per heavy atom. The van der Waals surface area contributed by atoms with Crippen LogP contribution in [0.4, 0.5) is 13.2 Å². The number of rotatable bonds is 1. The van der Waals surface area contributed by atoms with Gasteiger partial charge in [-0.3, -0.25) is 5.21 Å². The summed E-state index contributed by atoms with van der Waals surface area (Å²) >= 11 is 0. The van der Waals surface area contributed by atoms with Crippen LogP contribution in [0.1, 0.15) is 17.0 Å². The Kier molecular flexibility index (Phi) is 2.80. The van der Waals surface area contributed by atoms with Crippen LogP contribution < -0.4 is 4.73 Å². The maximum atomic E-state index is 12.4. The van der Waals surface area contributed by atoms with Crippen molar-refractivity contribution < 1.29 is 27.5 Å². The van der Waals surface area contributed by atoms with Crippen molar-refractivity contribution in [3.63, 3.8) is 0 Å². The van der Waals surface area contributed by atoms with Gasteiger partial charge in [0.25, 0.3) is 5.69 Å². The second-order valence-electron chi connectivity index (χ2n) is 3.94. The molecule has 0 saturated heterocycles. The molecule has 0 aliphatic rings.